The lowest BCUT2D eigenvalue weighted by Crippen LogP contribution is -2.26. The highest BCUT2D eigenvalue weighted by Crippen LogP contribution is 2.41. The maximum atomic E-state index is 13.0. The van der Waals surface area contributed by atoms with Crippen molar-refractivity contribution >= 4 is 0 Å². The largest absolute Gasteiger partial charge is 0.416 e. The molecule has 0 heterocycles. The normalized spacial score (nSPS) is 15.6. The fourth-order valence-corrected chi connectivity index (χ4v) is 2.89. The van der Waals surface area contributed by atoms with Crippen molar-refractivity contribution in [3.8, 4) is 0 Å². The summed E-state index contributed by atoms with van der Waals surface area (Å²) in [6.07, 6.45) is -22.2. The molecule has 1 N–H and O–H groups in total. The Morgan fingerprint density at radius 1 is 0.500 bits per heavy atom. The Kier molecular flexibility index (Phi) is 6.34. The molecular formula is C19H12F12O. The predicted octanol–water partition coefficient (Wildman–Crippen LogP) is 7.21. The van der Waals surface area contributed by atoms with Gasteiger partial charge in [0, 0.05) is 6.42 Å². The third-order valence-electron chi connectivity index (χ3n) is 4.41. The summed E-state index contributed by atoms with van der Waals surface area (Å²) < 4.78 is 156. The molecule has 1 nitrogen and oxygen atoms in total. The van der Waals surface area contributed by atoms with Crippen molar-refractivity contribution in [1.29, 1.82) is 0 Å². The van der Waals surface area contributed by atoms with Crippen molar-refractivity contribution < 1.29 is 57.8 Å². The van der Waals surface area contributed by atoms with Gasteiger partial charge in [-0.2, -0.15) is 52.7 Å². The van der Waals surface area contributed by atoms with Crippen LogP contribution in [0.1, 0.15) is 40.3 Å². The van der Waals surface area contributed by atoms with Crippen LogP contribution in [0.3, 0.4) is 0 Å². The molecule has 0 saturated carbocycles. The molecule has 178 valence electrons. The van der Waals surface area contributed by atoms with Gasteiger partial charge < -0.3 is 5.11 Å². The van der Waals surface area contributed by atoms with Crippen LogP contribution >= 0.6 is 0 Å². The van der Waals surface area contributed by atoms with Gasteiger partial charge in [-0.3, -0.25) is 0 Å². The van der Waals surface area contributed by atoms with E-state index in [0.29, 0.717) is 6.92 Å². The summed E-state index contributed by atoms with van der Waals surface area (Å²) in [6.45, 7) is 0.677. The molecule has 0 aromatic heterocycles. The molecule has 32 heavy (non-hydrogen) atoms. The summed E-state index contributed by atoms with van der Waals surface area (Å²) in [4.78, 5) is 0. The number of rotatable bonds is 3. The third kappa shape index (κ3) is 6.08. The maximum absolute atomic E-state index is 13.0. The topological polar surface area (TPSA) is 20.2 Å². The highest BCUT2D eigenvalue weighted by molar-refractivity contribution is 5.39. The van der Waals surface area contributed by atoms with Gasteiger partial charge in [0.05, 0.1) is 27.9 Å². The monoisotopic (exact) mass is 484 g/mol. The van der Waals surface area contributed by atoms with Gasteiger partial charge in [-0.05, 0) is 54.4 Å². The van der Waals surface area contributed by atoms with E-state index in [0.717, 1.165) is 0 Å². The first-order valence-corrected chi connectivity index (χ1v) is 8.41. The fraction of sp³-hybridized carbons (Fsp3) is 0.368. The van der Waals surface area contributed by atoms with Gasteiger partial charge in [-0.25, -0.2) is 0 Å². The van der Waals surface area contributed by atoms with Crippen LogP contribution in [0.2, 0.25) is 0 Å². The smallest absolute Gasteiger partial charge is 0.385 e. The van der Waals surface area contributed by atoms with Gasteiger partial charge in [0.1, 0.15) is 0 Å². The van der Waals surface area contributed by atoms with E-state index in [1.165, 1.54) is 0 Å². The summed E-state index contributed by atoms with van der Waals surface area (Å²) in [7, 11) is 0. The van der Waals surface area contributed by atoms with Gasteiger partial charge in [0.15, 0.2) is 0 Å². The molecule has 2 aromatic rings. The van der Waals surface area contributed by atoms with E-state index in [2.05, 4.69) is 0 Å². The van der Waals surface area contributed by atoms with Crippen LogP contribution in [0.15, 0.2) is 36.4 Å². The van der Waals surface area contributed by atoms with Crippen LogP contribution in [0, 0.1) is 0 Å². The summed E-state index contributed by atoms with van der Waals surface area (Å²) >= 11 is 0. The molecule has 13 heteroatoms. The highest BCUT2D eigenvalue weighted by atomic mass is 19.4. The molecule has 1 atom stereocenters. The summed E-state index contributed by atoms with van der Waals surface area (Å²) in [6, 6.07) is 0.306. The lowest BCUT2D eigenvalue weighted by atomic mass is 9.86. The molecule has 2 aromatic carbocycles. The van der Waals surface area contributed by atoms with E-state index in [9.17, 15) is 57.8 Å². The van der Waals surface area contributed by atoms with Crippen molar-refractivity contribution in [2.45, 2.75) is 43.7 Å². The minimum absolute atomic E-state index is 0.146. The van der Waals surface area contributed by atoms with E-state index in [4.69, 9.17) is 0 Å². The zero-order chi connectivity index (χ0) is 24.9. The average Bonchev–Trinajstić information content (AvgIpc) is 2.57. The van der Waals surface area contributed by atoms with Gasteiger partial charge in [-0.15, -0.1) is 0 Å². The van der Waals surface area contributed by atoms with Crippen LogP contribution in [-0.4, -0.2) is 5.11 Å². The predicted molar refractivity (Wildman–Crippen MR) is 86.2 cm³/mol. The highest BCUT2D eigenvalue weighted by Gasteiger charge is 2.40. The SMILES string of the molecule is CC(O)(Cc1cc(C(F)(F)F)cc(C(F)(F)F)c1)c1cc(C(F)(F)F)cc(C(F)(F)F)c1. The van der Waals surface area contributed by atoms with Crippen molar-refractivity contribution in [3.05, 3.63) is 69.8 Å². The molecule has 0 amide bonds. The van der Waals surface area contributed by atoms with Crippen molar-refractivity contribution in [2.24, 2.45) is 0 Å². The molecule has 0 saturated heterocycles. The number of alkyl halides is 12. The Labute approximate surface area is 172 Å². The quantitative estimate of drug-likeness (QED) is 0.457. The van der Waals surface area contributed by atoms with Crippen LogP contribution in [0.4, 0.5) is 52.7 Å². The average molecular weight is 484 g/mol. The second-order valence-electron chi connectivity index (χ2n) is 7.16. The van der Waals surface area contributed by atoms with Crippen LogP contribution in [0.5, 0.6) is 0 Å². The molecule has 0 aliphatic heterocycles. The second kappa shape index (κ2) is 7.85. The first-order valence-electron chi connectivity index (χ1n) is 8.41. The summed E-state index contributed by atoms with van der Waals surface area (Å²) in [5, 5.41) is 10.5. The van der Waals surface area contributed by atoms with E-state index in [1.807, 2.05) is 0 Å². The minimum atomic E-state index is -5.27. The number of benzene rings is 2. The van der Waals surface area contributed by atoms with Gasteiger partial charge in [0.2, 0.25) is 0 Å². The third-order valence-corrected chi connectivity index (χ3v) is 4.41. The van der Waals surface area contributed by atoms with Crippen molar-refractivity contribution in [1.82, 2.24) is 0 Å². The van der Waals surface area contributed by atoms with E-state index in [-0.39, 0.29) is 36.4 Å². The van der Waals surface area contributed by atoms with E-state index >= 15 is 0 Å². The molecule has 0 spiro atoms. The van der Waals surface area contributed by atoms with Crippen LogP contribution < -0.4 is 0 Å². The second-order valence-corrected chi connectivity index (χ2v) is 7.16. The summed E-state index contributed by atoms with van der Waals surface area (Å²) in [5.41, 5.74) is -11.6. The number of halogens is 12. The van der Waals surface area contributed by atoms with Crippen molar-refractivity contribution in [3.63, 3.8) is 0 Å². The number of hydrogen-bond donors (Lipinski definition) is 1. The summed E-state index contributed by atoms with van der Waals surface area (Å²) in [5.74, 6) is 0. The first-order chi connectivity index (χ1) is 14.1. The maximum Gasteiger partial charge on any atom is 0.416 e. The van der Waals surface area contributed by atoms with Gasteiger partial charge >= 0.3 is 24.7 Å². The number of hydrogen-bond acceptors (Lipinski definition) is 1. The molecule has 0 aliphatic carbocycles. The fourth-order valence-electron chi connectivity index (χ4n) is 2.89. The Bertz CT molecular complexity index is 913. The van der Waals surface area contributed by atoms with Gasteiger partial charge in [-0.1, -0.05) is 0 Å². The molecule has 0 aliphatic rings. The van der Waals surface area contributed by atoms with Crippen molar-refractivity contribution in [2.75, 3.05) is 0 Å². The molecule has 2 rings (SSSR count). The zero-order valence-electron chi connectivity index (χ0n) is 15.7. The minimum Gasteiger partial charge on any atom is -0.385 e. The standard InChI is InChI=1S/C19H12F12O/c1-15(32,10-4-13(18(26,27)28)7-14(5-10)19(29,30)31)8-9-2-11(16(20,21)22)6-12(3-9)17(23,24)25/h2-7,32H,8H2,1H3. The van der Waals surface area contributed by atoms with Crippen LogP contribution in [0.25, 0.3) is 0 Å². The molecule has 0 radical (unpaired) electrons. The Morgan fingerprint density at radius 2 is 0.750 bits per heavy atom. The first kappa shape index (κ1) is 25.8. The van der Waals surface area contributed by atoms with E-state index < -0.39 is 70.1 Å². The molecule has 0 fully saturated rings. The zero-order valence-corrected chi connectivity index (χ0v) is 15.7. The molecular weight excluding hydrogens is 472 g/mol. The lowest BCUT2D eigenvalue weighted by Gasteiger charge is -2.27. The Balaban J connectivity index is 2.63. The van der Waals surface area contributed by atoms with E-state index in [1.54, 1.807) is 0 Å². The number of aliphatic hydroxyl groups is 1. The Hall–Kier alpha value is -2.44. The van der Waals surface area contributed by atoms with Crippen LogP contribution in [-0.2, 0) is 36.7 Å². The lowest BCUT2D eigenvalue weighted by molar-refractivity contribution is -0.145. The molecule has 0 bridgehead atoms. The Morgan fingerprint density at radius 3 is 1.03 bits per heavy atom. The van der Waals surface area contributed by atoms with Gasteiger partial charge in [0.25, 0.3) is 0 Å². The molecule has 1 unspecified atom stereocenters.